The third kappa shape index (κ3) is 4.54. The second-order valence-corrected chi connectivity index (χ2v) is 18.4. The van der Waals surface area contributed by atoms with Gasteiger partial charge in [0.25, 0.3) is 0 Å². The molecule has 0 nitrogen and oxygen atoms in total. The second-order valence-electron chi connectivity index (χ2n) is 14.1. The maximum atomic E-state index is 2.43. The third-order valence-electron chi connectivity index (χ3n) is 10.8. The minimum Gasteiger partial charge on any atom is -0.134 e. The van der Waals surface area contributed by atoms with Gasteiger partial charge in [0.2, 0.25) is 0 Å². The van der Waals surface area contributed by atoms with Crippen molar-refractivity contribution in [2.24, 2.45) is 0 Å². The van der Waals surface area contributed by atoms with Gasteiger partial charge in [-0.1, -0.05) is 105 Å². The van der Waals surface area contributed by atoms with Crippen molar-refractivity contribution in [3.63, 3.8) is 0 Å². The first-order valence-corrected chi connectivity index (χ1v) is 20.6. The minimum atomic E-state index is 0.0124. The topological polar surface area (TPSA) is 0 Å². The van der Waals surface area contributed by atoms with E-state index in [-0.39, 0.29) is 5.41 Å². The van der Waals surface area contributed by atoms with Crippen LogP contribution in [0.1, 0.15) is 25.0 Å². The molecular formula is C47H30S4. The molecule has 0 saturated heterocycles. The number of thiophene rings is 4. The van der Waals surface area contributed by atoms with Crippen molar-refractivity contribution < 1.29 is 0 Å². The van der Waals surface area contributed by atoms with E-state index in [9.17, 15) is 0 Å². The zero-order chi connectivity index (χ0) is 33.8. The SMILES string of the molecule is CC1(C)c2ccccc2-c2ccc(-c3ccc(-c4ccc(-c5ccc(-c6ccc(-c7ccc8ccc9cccc%10ccc7c8c9%10)s6)s5)s4)s3)cc21. The molecule has 4 heterocycles. The molecule has 10 aromatic rings. The molecule has 0 fully saturated rings. The predicted molar refractivity (Wildman–Crippen MR) is 226 cm³/mol. The smallest absolute Gasteiger partial charge is 0.0449 e. The van der Waals surface area contributed by atoms with Crippen LogP contribution < -0.4 is 0 Å². The normalized spacial score (nSPS) is 13.5. The lowest BCUT2D eigenvalue weighted by atomic mass is 9.82. The number of hydrogen-bond donors (Lipinski definition) is 0. The highest BCUT2D eigenvalue weighted by molar-refractivity contribution is 7.29. The molecule has 0 bridgehead atoms. The molecule has 0 amide bonds. The molecule has 0 N–H and O–H groups in total. The fourth-order valence-corrected chi connectivity index (χ4v) is 12.6. The first-order valence-electron chi connectivity index (χ1n) is 17.3. The number of rotatable bonds is 5. The summed E-state index contributed by atoms with van der Waals surface area (Å²) in [5.41, 5.74) is 8.25. The highest BCUT2D eigenvalue weighted by Gasteiger charge is 2.35. The zero-order valence-electron chi connectivity index (χ0n) is 28.0. The Morgan fingerprint density at radius 2 is 0.843 bits per heavy atom. The molecule has 51 heavy (non-hydrogen) atoms. The van der Waals surface area contributed by atoms with Gasteiger partial charge in [-0.3, -0.25) is 0 Å². The first kappa shape index (κ1) is 29.8. The minimum absolute atomic E-state index is 0.0124. The van der Waals surface area contributed by atoms with Crippen molar-refractivity contribution in [1.29, 1.82) is 0 Å². The summed E-state index contributed by atoms with van der Waals surface area (Å²) in [7, 11) is 0. The number of fused-ring (bicyclic) bond motifs is 3. The summed E-state index contributed by atoms with van der Waals surface area (Å²) in [6, 6.07) is 54.7. The molecule has 0 saturated carbocycles. The largest absolute Gasteiger partial charge is 0.134 e. The van der Waals surface area contributed by atoms with E-state index in [0.717, 1.165) is 0 Å². The van der Waals surface area contributed by atoms with E-state index in [1.807, 2.05) is 45.3 Å². The molecule has 11 rings (SSSR count). The maximum Gasteiger partial charge on any atom is 0.0449 e. The highest BCUT2D eigenvalue weighted by Crippen LogP contribution is 2.51. The van der Waals surface area contributed by atoms with Gasteiger partial charge in [-0.25, -0.2) is 0 Å². The highest BCUT2D eigenvalue weighted by atomic mass is 32.1. The van der Waals surface area contributed by atoms with Crippen molar-refractivity contribution in [3.8, 4) is 61.3 Å². The monoisotopic (exact) mass is 722 g/mol. The second kappa shape index (κ2) is 11.1. The lowest BCUT2D eigenvalue weighted by Gasteiger charge is -2.21. The van der Waals surface area contributed by atoms with Gasteiger partial charge in [0.15, 0.2) is 0 Å². The lowest BCUT2D eigenvalue weighted by Crippen LogP contribution is -2.14. The van der Waals surface area contributed by atoms with Gasteiger partial charge in [0.1, 0.15) is 0 Å². The molecule has 242 valence electrons. The summed E-state index contributed by atoms with van der Waals surface area (Å²) in [4.78, 5) is 10.6. The summed E-state index contributed by atoms with van der Waals surface area (Å²) < 4.78 is 0. The Morgan fingerprint density at radius 3 is 1.53 bits per heavy atom. The summed E-state index contributed by atoms with van der Waals surface area (Å²) in [5, 5.41) is 8.03. The molecule has 1 aliphatic rings. The standard InChI is InChI=1S/C47H30S4/c1-47(2)35-9-4-3-8-31(35)32-15-14-30(26-36(32)47)37-18-20-39(48-37)41-22-24-43(50-41)44-25-23-42(51-44)40-21-19-38(49-40)33-16-12-29-11-10-27-6-5-7-28-13-17-34(33)46(29)45(27)28/h3-26H,1-2H3. The molecule has 0 spiro atoms. The van der Waals surface area contributed by atoms with Gasteiger partial charge in [-0.15, -0.1) is 45.3 Å². The van der Waals surface area contributed by atoms with Crippen molar-refractivity contribution in [1.82, 2.24) is 0 Å². The van der Waals surface area contributed by atoms with Gasteiger partial charge in [0.05, 0.1) is 0 Å². The Balaban J connectivity index is 0.871. The van der Waals surface area contributed by atoms with Crippen LogP contribution >= 0.6 is 45.3 Å². The first-order chi connectivity index (χ1) is 25.0. The summed E-state index contributed by atoms with van der Waals surface area (Å²) in [6.45, 7) is 4.71. The molecule has 0 unspecified atom stereocenters. The van der Waals surface area contributed by atoms with Crippen LogP contribution in [-0.4, -0.2) is 0 Å². The summed E-state index contributed by atoms with van der Waals surface area (Å²) >= 11 is 7.59. The van der Waals surface area contributed by atoms with Gasteiger partial charge < -0.3 is 0 Å². The van der Waals surface area contributed by atoms with Crippen molar-refractivity contribution in [2.75, 3.05) is 0 Å². The van der Waals surface area contributed by atoms with E-state index in [1.165, 1.54) is 105 Å². The maximum absolute atomic E-state index is 2.43. The van der Waals surface area contributed by atoms with Crippen LogP contribution in [0, 0.1) is 0 Å². The molecule has 4 aromatic heterocycles. The molecular weight excluding hydrogens is 693 g/mol. The van der Waals surface area contributed by atoms with E-state index >= 15 is 0 Å². The molecule has 0 aliphatic heterocycles. The summed E-state index contributed by atoms with van der Waals surface area (Å²) in [6.07, 6.45) is 0. The fourth-order valence-electron chi connectivity index (χ4n) is 8.25. The van der Waals surface area contributed by atoms with Crippen LogP contribution in [0.15, 0.2) is 146 Å². The van der Waals surface area contributed by atoms with Crippen LogP contribution in [0.3, 0.4) is 0 Å². The lowest BCUT2D eigenvalue weighted by molar-refractivity contribution is 0.660. The van der Waals surface area contributed by atoms with Crippen molar-refractivity contribution >= 4 is 77.7 Å². The van der Waals surface area contributed by atoms with Crippen LogP contribution in [-0.2, 0) is 5.41 Å². The Labute approximate surface area is 312 Å². The molecule has 0 atom stereocenters. The van der Waals surface area contributed by atoms with Gasteiger partial charge in [-0.2, -0.15) is 0 Å². The Hall–Kier alpha value is -4.84. The fraction of sp³-hybridized carbons (Fsp3) is 0.0638. The van der Waals surface area contributed by atoms with Crippen molar-refractivity contribution in [2.45, 2.75) is 19.3 Å². The van der Waals surface area contributed by atoms with E-state index in [1.54, 1.807) is 0 Å². The summed E-state index contributed by atoms with van der Waals surface area (Å²) in [5.74, 6) is 0. The quantitative estimate of drug-likeness (QED) is 0.155. The number of hydrogen-bond acceptors (Lipinski definition) is 4. The molecule has 0 radical (unpaired) electrons. The Bertz CT molecular complexity index is 2940. The van der Waals surface area contributed by atoms with Crippen LogP contribution in [0.2, 0.25) is 0 Å². The van der Waals surface area contributed by atoms with Crippen molar-refractivity contribution in [3.05, 3.63) is 157 Å². The van der Waals surface area contributed by atoms with E-state index < -0.39 is 0 Å². The van der Waals surface area contributed by atoms with Crippen LogP contribution in [0.5, 0.6) is 0 Å². The van der Waals surface area contributed by atoms with E-state index in [0.29, 0.717) is 0 Å². The van der Waals surface area contributed by atoms with Gasteiger partial charge in [-0.05, 0) is 120 Å². The number of benzene rings is 6. The van der Waals surface area contributed by atoms with Gasteiger partial charge >= 0.3 is 0 Å². The van der Waals surface area contributed by atoms with Crippen LogP contribution in [0.4, 0.5) is 0 Å². The molecule has 1 aliphatic carbocycles. The zero-order valence-corrected chi connectivity index (χ0v) is 31.3. The Kier molecular flexibility index (Phi) is 6.48. The van der Waals surface area contributed by atoms with Crippen LogP contribution in [0.25, 0.3) is 93.6 Å². The predicted octanol–water partition coefficient (Wildman–Crippen LogP) is 15.5. The third-order valence-corrected chi connectivity index (χ3v) is 15.8. The molecule has 4 heteroatoms. The Morgan fingerprint density at radius 1 is 0.353 bits per heavy atom. The molecule has 6 aromatic carbocycles. The average Bonchev–Trinajstić information content (AvgIpc) is 4.01. The van der Waals surface area contributed by atoms with Gasteiger partial charge in [0, 0.05) is 44.4 Å². The van der Waals surface area contributed by atoms with E-state index in [2.05, 4.69) is 159 Å². The van der Waals surface area contributed by atoms with E-state index in [4.69, 9.17) is 0 Å². The average molecular weight is 723 g/mol.